The monoisotopic (exact) mass is 427 g/mol. The van der Waals surface area contributed by atoms with Crippen molar-refractivity contribution in [2.75, 3.05) is 32.7 Å². The number of imide groups is 1. The van der Waals surface area contributed by atoms with Crippen molar-refractivity contribution in [3.8, 4) is 11.5 Å². The Labute approximate surface area is 178 Å². The number of nitrogens with zero attached hydrogens (tertiary/aromatic N) is 1. The van der Waals surface area contributed by atoms with Crippen LogP contribution in [0, 0.1) is 0 Å². The number of methoxy groups -OCH3 is 2. The highest BCUT2D eigenvalue weighted by atomic mass is 16.6. The van der Waals surface area contributed by atoms with Gasteiger partial charge >= 0.3 is 12.0 Å². The van der Waals surface area contributed by atoms with E-state index in [4.69, 9.17) is 9.47 Å². The molecular formula is C21H21N3O7. The van der Waals surface area contributed by atoms with Crippen molar-refractivity contribution in [2.24, 2.45) is 0 Å². The Morgan fingerprint density at radius 3 is 2.58 bits per heavy atom. The van der Waals surface area contributed by atoms with E-state index in [1.54, 1.807) is 24.3 Å². The van der Waals surface area contributed by atoms with E-state index in [0.29, 0.717) is 22.6 Å². The summed E-state index contributed by atoms with van der Waals surface area (Å²) in [6, 6.07) is 10.9. The zero-order valence-corrected chi connectivity index (χ0v) is 17.0. The number of carbonyl (C=O) groups excluding carboxylic acids is 4. The van der Waals surface area contributed by atoms with E-state index in [0.717, 1.165) is 4.90 Å². The largest absolute Gasteiger partial charge is 0.493 e. The molecule has 2 N–H and O–H groups in total. The molecule has 10 heteroatoms. The number of carbonyl (C=O) groups is 4. The number of amides is 4. The van der Waals surface area contributed by atoms with Crippen LogP contribution in [0.15, 0.2) is 42.5 Å². The third kappa shape index (κ3) is 5.30. The second kappa shape index (κ2) is 9.61. The summed E-state index contributed by atoms with van der Waals surface area (Å²) < 4.78 is 15.1. The molecule has 162 valence electrons. The van der Waals surface area contributed by atoms with E-state index in [-0.39, 0.29) is 31.4 Å². The van der Waals surface area contributed by atoms with Gasteiger partial charge in [-0.1, -0.05) is 12.1 Å². The second-order valence-corrected chi connectivity index (χ2v) is 6.52. The summed E-state index contributed by atoms with van der Waals surface area (Å²) in [5.41, 5.74) is 1.49. The van der Waals surface area contributed by atoms with Crippen LogP contribution in [-0.2, 0) is 20.9 Å². The van der Waals surface area contributed by atoms with Crippen LogP contribution in [0.4, 0.5) is 10.5 Å². The summed E-state index contributed by atoms with van der Waals surface area (Å²) in [4.78, 5) is 48.5. The Balaban J connectivity index is 1.69. The predicted octanol–water partition coefficient (Wildman–Crippen LogP) is 1.55. The van der Waals surface area contributed by atoms with E-state index in [9.17, 15) is 19.2 Å². The first-order valence-corrected chi connectivity index (χ1v) is 9.27. The van der Waals surface area contributed by atoms with Gasteiger partial charge in [0.15, 0.2) is 18.1 Å². The average Bonchev–Trinajstić information content (AvgIpc) is 3.09. The van der Waals surface area contributed by atoms with Gasteiger partial charge in [0.25, 0.3) is 5.91 Å². The van der Waals surface area contributed by atoms with Gasteiger partial charge in [0.05, 0.1) is 27.3 Å². The average molecular weight is 427 g/mol. The molecular weight excluding hydrogens is 406 g/mol. The van der Waals surface area contributed by atoms with E-state index in [2.05, 4.69) is 15.4 Å². The van der Waals surface area contributed by atoms with Crippen molar-refractivity contribution in [1.82, 2.24) is 10.2 Å². The van der Waals surface area contributed by atoms with Gasteiger partial charge in [-0.25, -0.2) is 9.59 Å². The molecule has 2 aromatic carbocycles. The fourth-order valence-corrected chi connectivity index (χ4v) is 2.87. The Bertz CT molecular complexity index is 1010. The molecule has 1 heterocycles. The molecule has 2 aromatic rings. The number of ether oxygens (including phenoxy) is 3. The molecule has 4 amide bonds. The van der Waals surface area contributed by atoms with Gasteiger partial charge in [-0.15, -0.1) is 0 Å². The number of hydrogen-bond donors (Lipinski definition) is 2. The maximum Gasteiger partial charge on any atom is 0.343 e. The summed E-state index contributed by atoms with van der Waals surface area (Å²) in [7, 11) is 2.67. The molecule has 3 rings (SSSR count). The Hall–Kier alpha value is -4.08. The van der Waals surface area contributed by atoms with E-state index >= 15 is 0 Å². The lowest BCUT2D eigenvalue weighted by atomic mass is 10.1. The number of rotatable bonds is 8. The molecule has 1 aliphatic heterocycles. The maximum atomic E-state index is 12.7. The number of hydrogen-bond acceptors (Lipinski definition) is 7. The molecule has 1 fully saturated rings. The minimum Gasteiger partial charge on any atom is -0.493 e. The molecule has 31 heavy (non-hydrogen) atoms. The highest BCUT2D eigenvalue weighted by Crippen LogP contribution is 2.28. The number of nitrogens with one attached hydrogen (secondary N) is 2. The molecule has 0 aromatic heterocycles. The van der Waals surface area contributed by atoms with E-state index in [1.807, 2.05) is 0 Å². The van der Waals surface area contributed by atoms with Crippen molar-refractivity contribution in [3.63, 3.8) is 0 Å². The zero-order valence-electron chi connectivity index (χ0n) is 17.0. The second-order valence-electron chi connectivity index (χ2n) is 6.52. The van der Waals surface area contributed by atoms with Crippen LogP contribution < -0.4 is 20.1 Å². The zero-order chi connectivity index (χ0) is 22.4. The molecule has 0 unspecified atom stereocenters. The first-order valence-electron chi connectivity index (χ1n) is 9.27. The van der Waals surface area contributed by atoms with Crippen LogP contribution >= 0.6 is 0 Å². The summed E-state index contributed by atoms with van der Waals surface area (Å²) >= 11 is 0. The topological polar surface area (TPSA) is 123 Å². The lowest BCUT2D eigenvalue weighted by molar-refractivity contribution is -0.143. The van der Waals surface area contributed by atoms with Crippen LogP contribution in [0.2, 0.25) is 0 Å². The van der Waals surface area contributed by atoms with Crippen LogP contribution in [0.1, 0.15) is 15.9 Å². The Morgan fingerprint density at radius 1 is 1.10 bits per heavy atom. The molecule has 10 nitrogen and oxygen atoms in total. The first kappa shape index (κ1) is 21.6. The van der Waals surface area contributed by atoms with E-state index in [1.165, 1.54) is 32.4 Å². The molecule has 0 radical (unpaired) electrons. The molecule has 1 aliphatic rings. The molecule has 0 spiro atoms. The first-order chi connectivity index (χ1) is 14.9. The number of urea groups is 1. The third-order valence-corrected chi connectivity index (χ3v) is 4.46. The quantitative estimate of drug-likeness (QED) is 0.484. The van der Waals surface area contributed by atoms with Gasteiger partial charge in [-0.3, -0.25) is 14.5 Å². The Kier molecular flexibility index (Phi) is 6.71. The lowest BCUT2D eigenvalue weighted by Crippen LogP contribution is -2.30. The maximum absolute atomic E-state index is 12.7. The van der Waals surface area contributed by atoms with Crippen LogP contribution in [0.5, 0.6) is 11.5 Å². The van der Waals surface area contributed by atoms with Crippen molar-refractivity contribution >= 4 is 29.5 Å². The van der Waals surface area contributed by atoms with Crippen molar-refractivity contribution < 1.29 is 33.4 Å². The smallest absolute Gasteiger partial charge is 0.343 e. The highest BCUT2D eigenvalue weighted by molar-refractivity contribution is 6.05. The van der Waals surface area contributed by atoms with Gasteiger partial charge in [-0.2, -0.15) is 0 Å². The van der Waals surface area contributed by atoms with Crippen LogP contribution in [0.25, 0.3) is 0 Å². The van der Waals surface area contributed by atoms with Crippen molar-refractivity contribution in [2.45, 2.75) is 6.54 Å². The summed E-state index contributed by atoms with van der Waals surface area (Å²) in [6.07, 6.45) is 0. The normalized spacial score (nSPS) is 12.9. The third-order valence-electron chi connectivity index (χ3n) is 4.46. The van der Waals surface area contributed by atoms with Gasteiger partial charge in [0, 0.05) is 11.3 Å². The summed E-state index contributed by atoms with van der Waals surface area (Å²) in [6.45, 7) is -0.201. The SMILES string of the molecule is COC(=O)COc1ccc(C(=O)Nc2cccc(CN3C(=O)CNC3=O)c2)cc1OC. The van der Waals surface area contributed by atoms with E-state index < -0.39 is 17.9 Å². The lowest BCUT2D eigenvalue weighted by Gasteiger charge is -2.14. The molecule has 0 saturated carbocycles. The number of anilines is 1. The fraction of sp³-hybridized carbons (Fsp3) is 0.238. The summed E-state index contributed by atoms with van der Waals surface area (Å²) in [5.74, 6) is -0.674. The molecule has 0 atom stereocenters. The summed E-state index contributed by atoms with van der Waals surface area (Å²) in [5, 5.41) is 5.22. The fourth-order valence-electron chi connectivity index (χ4n) is 2.87. The van der Waals surface area contributed by atoms with Crippen LogP contribution in [-0.4, -0.2) is 56.1 Å². The van der Waals surface area contributed by atoms with Gasteiger partial charge < -0.3 is 24.8 Å². The van der Waals surface area contributed by atoms with Gasteiger partial charge in [0.2, 0.25) is 5.91 Å². The number of esters is 1. The van der Waals surface area contributed by atoms with Crippen molar-refractivity contribution in [3.05, 3.63) is 53.6 Å². The predicted molar refractivity (Wildman–Crippen MR) is 109 cm³/mol. The van der Waals surface area contributed by atoms with Crippen LogP contribution in [0.3, 0.4) is 0 Å². The molecule has 0 aliphatic carbocycles. The minimum atomic E-state index is -0.545. The van der Waals surface area contributed by atoms with Gasteiger partial charge in [-0.05, 0) is 35.9 Å². The number of benzene rings is 2. The minimum absolute atomic E-state index is 0.0174. The van der Waals surface area contributed by atoms with Gasteiger partial charge in [0.1, 0.15) is 0 Å². The molecule has 0 bridgehead atoms. The Morgan fingerprint density at radius 2 is 1.90 bits per heavy atom. The van der Waals surface area contributed by atoms with Crippen molar-refractivity contribution in [1.29, 1.82) is 0 Å². The highest BCUT2D eigenvalue weighted by Gasteiger charge is 2.28. The molecule has 1 saturated heterocycles. The standard InChI is InChI=1S/C21H21N3O7/c1-29-17-9-14(6-7-16(17)31-12-19(26)30-2)20(27)23-15-5-3-4-13(8-15)11-24-18(25)10-22-21(24)28/h3-9H,10-12H2,1-2H3,(H,22,28)(H,23,27).